The molecule has 132 valence electrons. The highest BCUT2D eigenvalue weighted by Crippen LogP contribution is 2.23. The summed E-state index contributed by atoms with van der Waals surface area (Å²) < 4.78 is 25.7. The summed E-state index contributed by atoms with van der Waals surface area (Å²) in [6.07, 6.45) is 1.57. The minimum absolute atomic E-state index is 0.173. The van der Waals surface area contributed by atoms with Gasteiger partial charge in [0.15, 0.2) is 0 Å². The SMILES string of the molecule is Cc1ccc(CNC(=O)c2ccc(N3CCCCS3(=O)=O)cc2)cc1. The van der Waals surface area contributed by atoms with Crippen LogP contribution in [0.3, 0.4) is 0 Å². The van der Waals surface area contributed by atoms with E-state index in [-0.39, 0.29) is 11.7 Å². The third kappa shape index (κ3) is 4.20. The molecular formula is C19H22N2O3S. The van der Waals surface area contributed by atoms with E-state index in [4.69, 9.17) is 0 Å². The van der Waals surface area contributed by atoms with Crippen molar-refractivity contribution in [2.24, 2.45) is 0 Å². The molecule has 3 rings (SSSR count). The molecule has 0 radical (unpaired) electrons. The highest BCUT2D eigenvalue weighted by Gasteiger charge is 2.25. The van der Waals surface area contributed by atoms with Crippen molar-refractivity contribution in [3.63, 3.8) is 0 Å². The second kappa shape index (κ2) is 7.27. The molecular weight excluding hydrogens is 336 g/mol. The van der Waals surface area contributed by atoms with Crippen LogP contribution in [0.5, 0.6) is 0 Å². The number of carbonyl (C=O) groups is 1. The van der Waals surface area contributed by atoms with Crippen LogP contribution in [0.2, 0.25) is 0 Å². The van der Waals surface area contributed by atoms with Crippen LogP contribution in [-0.2, 0) is 16.6 Å². The van der Waals surface area contributed by atoms with Crippen LogP contribution < -0.4 is 9.62 Å². The van der Waals surface area contributed by atoms with E-state index in [0.29, 0.717) is 30.8 Å². The predicted molar refractivity (Wildman–Crippen MR) is 99.2 cm³/mol. The minimum Gasteiger partial charge on any atom is -0.348 e. The van der Waals surface area contributed by atoms with Gasteiger partial charge in [0, 0.05) is 18.7 Å². The van der Waals surface area contributed by atoms with E-state index < -0.39 is 10.0 Å². The number of hydrogen-bond donors (Lipinski definition) is 1. The summed E-state index contributed by atoms with van der Waals surface area (Å²) in [4.78, 5) is 12.3. The number of sulfonamides is 1. The number of amides is 1. The predicted octanol–water partition coefficient (Wildman–Crippen LogP) is 2.86. The molecule has 0 bridgehead atoms. The zero-order valence-corrected chi connectivity index (χ0v) is 15.1. The Kier molecular flexibility index (Phi) is 5.08. The van der Waals surface area contributed by atoms with Gasteiger partial charge < -0.3 is 5.32 Å². The molecule has 25 heavy (non-hydrogen) atoms. The molecule has 1 fully saturated rings. The molecule has 6 heteroatoms. The van der Waals surface area contributed by atoms with E-state index in [1.54, 1.807) is 24.3 Å². The topological polar surface area (TPSA) is 66.5 Å². The van der Waals surface area contributed by atoms with Crippen LogP contribution in [0.25, 0.3) is 0 Å². The lowest BCUT2D eigenvalue weighted by Crippen LogP contribution is -2.37. The molecule has 0 aliphatic carbocycles. The quantitative estimate of drug-likeness (QED) is 0.914. The highest BCUT2D eigenvalue weighted by molar-refractivity contribution is 7.92. The summed E-state index contributed by atoms with van der Waals surface area (Å²) in [6.45, 7) is 2.98. The lowest BCUT2D eigenvalue weighted by molar-refractivity contribution is 0.0951. The van der Waals surface area contributed by atoms with Crippen LogP contribution in [-0.4, -0.2) is 26.6 Å². The Labute approximate surface area is 148 Å². The maximum atomic E-state index is 12.3. The van der Waals surface area contributed by atoms with Crippen molar-refractivity contribution < 1.29 is 13.2 Å². The second-order valence-corrected chi connectivity index (χ2v) is 8.32. The molecule has 1 saturated heterocycles. The smallest absolute Gasteiger partial charge is 0.251 e. The Balaban J connectivity index is 1.65. The molecule has 1 amide bonds. The van der Waals surface area contributed by atoms with Crippen molar-refractivity contribution in [1.29, 1.82) is 0 Å². The van der Waals surface area contributed by atoms with Crippen LogP contribution >= 0.6 is 0 Å². The number of carbonyl (C=O) groups excluding carboxylic acids is 1. The zero-order valence-electron chi connectivity index (χ0n) is 14.2. The summed E-state index contributed by atoms with van der Waals surface area (Å²) in [7, 11) is -3.23. The number of nitrogens with one attached hydrogen (secondary N) is 1. The Hall–Kier alpha value is -2.34. The average molecular weight is 358 g/mol. The second-order valence-electron chi connectivity index (χ2n) is 6.31. The minimum atomic E-state index is -3.23. The van der Waals surface area contributed by atoms with E-state index in [2.05, 4.69) is 5.32 Å². The molecule has 1 heterocycles. The Morgan fingerprint density at radius 2 is 1.72 bits per heavy atom. The molecule has 2 aromatic carbocycles. The fourth-order valence-corrected chi connectivity index (χ4v) is 4.49. The van der Waals surface area contributed by atoms with Crippen molar-refractivity contribution in [2.45, 2.75) is 26.3 Å². The van der Waals surface area contributed by atoms with E-state index in [0.717, 1.165) is 12.0 Å². The van der Waals surface area contributed by atoms with E-state index >= 15 is 0 Å². The van der Waals surface area contributed by atoms with Gasteiger partial charge in [0.05, 0.1) is 11.4 Å². The van der Waals surface area contributed by atoms with E-state index in [9.17, 15) is 13.2 Å². The number of aryl methyl sites for hydroxylation is 1. The molecule has 0 saturated carbocycles. The summed E-state index contributed by atoms with van der Waals surface area (Å²) in [6, 6.07) is 14.7. The first kappa shape index (κ1) is 17.5. The number of rotatable bonds is 4. The molecule has 2 aromatic rings. The number of nitrogens with zero attached hydrogens (tertiary/aromatic N) is 1. The van der Waals surface area contributed by atoms with Gasteiger partial charge in [-0.2, -0.15) is 0 Å². The summed E-state index contributed by atoms with van der Waals surface area (Å²) in [5, 5.41) is 2.88. The van der Waals surface area contributed by atoms with Crippen LogP contribution in [0.15, 0.2) is 48.5 Å². The largest absolute Gasteiger partial charge is 0.348 e. The van der Waals surface area contributed by atoms with Gasteiger partial charge in [-0.15, -0.1) is 0 Å². The van der Waals surface area contributed by atoms with Crippen molar-refractivity contribution in [3.8, 4) is 0 Å². The summed E-state index contributed by atoms with van der Waals surface area (Å²) in [5.41, 5.74) is 3.35. The van der Waals surface area contributed by atoms with Crippen LogP contribution in [0.4, 0.5) is 5.69 Å². The fraction of sp³-hybridized carbons (Fsp3) is 0.316. The number of hydrogen-bond acceptors (Lipinski definition) is 3. The molecule has 0 aromatic heterocycles. The first-order valence-electron chi connectivity index (χ1n) is 8.40. The standard InChI is InChI=1S/C19H22N2O3S/c1-15-4-6-16(7-5-15)14-20-19(22)17-8-10-18(11-9-17)21-12-2-3-13-25(21,23)24/h4-11H,2-3,12-14H2,1H3,(H,20,22). The maximum absolute atomic E-state index is 12.3. The monoisotopic (exact) mass is 358 g/mol. The summed E-state index contributed by atoms with van der Waals surface area (Å²) in [5.74, 6) is 0.0137. The van der Waals surface area contributed by atoms with Crippen molar-refractivity contribution in [3.05, 3.63) is 65.2 Å². The lowest BCUT2D eigenvalue weighted by Gasteiger charge is -2.28. The molecule has 1 aliphatic rings. The van der Waals surface area contributed by atoms with Gasteiger partial charge in [-0.05, 0) is 49.6 Å². The maximum Gasteiger partial charge on any atom is 0.251 e. The molecule has 1 aliphatic heterocycles. The molecule has 1 N–H and O–H groups in total. The van der Waals surface area contributed by atoms with Crippen molar-refractivity contribution in [1.82, 2.24) is 5.32 Å². The van der Waals surface area contributed by atoms with Crippen molar-refractivity contribution >= 4 is 21.6 Å². The number of benzene rings is 2. The molecule has 0 spiro atoms. The number of anilines is 1. The Bertz CT molecular complexity index is 843. The van der Waals surface area contributed by atoms with Gasteiger partial charge in [-0.25, -0.2) is 8.42 Å². The van der Waals surface area contributed by atoms with Crippen LogP contribution in [0.1, 0.15) is 34.3 Å². The van der Waals surface area contributed by atoms with Crippen molar-refractivity contribution in [2.75, 3.05) is 16.6 Å². The van der Waals surface area contributed by atoms with Gasteiger partial charge >= 0.3 is 0 Å². The molecule has 0 unspecified atom stereocenters. The van der Waals surface area contributed by atoms with Gasteiger partial charge in [0.2, 0.25) is 10.0 Å². The Morgan fingerprint density at radius 3 is 2.36 bits per heavy atom. The molecule has 0 atom stereocenters. The average Bonchev–Trinajstić information content (AvgIpc) is 2.61. The first-order chi connectivity index (χ1) is 12.0. The molecule has 5 nitrogen and oxygen atoms in total. The normalized spacial score (nSPS) is 16.4. The van der Waals surface area contributed by atoms with Gasteiger partial charge in [-0.3, -0.25) is 9.10 Å². The third-order valence-corrected chi connectivity index (χ3v) is 6.21. The van der Waals surface area contributed by atoms with E-state index in [1.165, 1.54) is 9.87 Å². The Morgan fingerprint density at radius 1 is 1.04 bits per heavy atom. The van der Waals surface area contributed by atoms with Gasteiger partial charge in [0.1, 0.15) is 0 Å². The van der Waals surface area contributed by atoms with Gasteiger partial charge in [-0.1, -0.05) is 29.8 Å². The lowest BCUT2D eigenvalue weighted by atomic mass is 10.1. The van der Waals surface area contributed by atoms with Crippen LogP contribution in [0, 0.1) is 6.92 Å². The third-order valence-electron chi connectivity index (χ3n) is 4.34. The van der Waals surface area contributed by atoms with Gasteiger partial charge in [0.25, 0.3) is 5.91 Å². The van der Waals surface area contributed by atoms with E-state index in [1.807, 2.05) is 31.2 Å². The zero-order chi connectivity index (χ0) is 17.9. The fourth-order valence-electron chi connectivity index (χ4n) is 2.85. The summed E-state index contributed by atoms with van der Waals surface area (Å²) >= 11 is 0. The first-order valence-corrected chi connectivity index (χ1v) is 10.0. The highest BCUT2D eigenvalue weighted by atomic mass is 32.2.